The third kappa shape index (κ3) is 3.06. The van der Waals surface area contributed by atoms with Gasteiger partial charge >= 0.3 is 0 Å². The molecule has 0 saturated heterocycles. The molecule has 12 heavy (non-hydrogen) atoms. The van der Waals surface area contributed by atoms with E-state index in [-0.39, 0.29) is 5.78 Å². The van der Waals surface area contributed by atoms with Crippen LogP contribution in [0.15, 0.2) is 17.4 Å². The second-order valence-electron chi connectivity index (χ2n) is 3.27. The molecule has 0 aromatic carbocycles. The molecule has 0 N–H and O–H groups in total. The van der Waals surface area contributed by atoms with E-state index >= 15 is 0 Å². The summed E-state index contributed by atoms with van der Waals surface area (Å²) in [5.74, 6) is 0.188. The fraction of sp³-hybridized carbons (Fsp3) is 0.636. The largest absolute Gasteiger partial charge is 0.294 e. The first-order valence-electron chi connectivity index (χ1n) is 4.80. The topological polar surface area (TPSA) is 17.1 Å². The van der Waals surface area contributed by atoms with Crippen molar-refractivity contribution in [2.45, 2.75) is 45.4 Å². The van der Waals surface area contributed by atoms with E-state index in [1.807, 2.05) is 6.92 Å². The highest BCUT2D eigenvalue weighted by Crippen LogP contribution is 2.21. The minimum Gasteiger partial charge on any atom is -0.294 e. The monoisotopic (exact) mass is 164 g/mol. The molecule has 1 nitrogen and oxygen atoms in total. The van der Waals surface area contributed by atoms with Crippen molar-refractivity contribution in [1.29, 1.82) is 0 Å². The van der Waals surface area contributed by atoms with Crippen LogP contribution in [0.1, 0.15) is 45.4 Å². The molecule has 1 saturated carbocycles. The summed E-state index contributed by atoms with van der Waals surface area (Å²) >= 11 is 0. The lowest BCUT2D eigenvalue weighted by molar-refractivity contribution is -0.114. The first-order chi connectivity index (χ1) is 5.83. The van der Waals surface area contributed by atoms with Crippen LogP contribution >= 0.6 is 0 Å². The Morgan fingerprint density at radius 3 is 2.67 bits per heavy atom. The van der Waals surface area contributed by atoms with Crippen molar-refractivity contribution in [3.8, 4) is 0 Å². The molecular weight excluding hydrogens is 148 g/mol. The molecule has 0 unspecified atom stereocenters. The van der Waals surface area contributed by atoms with E-state index in [9.17, 15) is 4.79 Å². The van der Waals surface area contributed by atoms with E-state index in [4.69, 9.17) is 0 Å². The molecule has 1 rings (SSSR count). The van der Waals surface area contributed by atoms with Crippen LogP contribution in [0.3, 0.4) is 0 Å². The van der Waals surface area contributed by atoms with E-state index in [1.165, 1.54) is 24.8 Å². The van der Waals surface area contributed by atoms with Gasteiger partial charge in [0.1, 0.15) is 0 Å². The summed E-state index contributed by atoms with van der Waals surface area (Å²) in [6, 6.07) is 0. The van der Waals surface area contributed by atoms with E-state index in [1.54, 1.807) is 6.08 Å². The molecule has 0 aromatic rings. The summed E-state index contributed by atoms with van der Waals surface area (Å²) in [4.78, 5) is 10.9. The van der Waals surface area contributed by atoms with Crippen LogP contribution in [0.5, 0.6) is 0 Å². The molecule has 1 fully saturated rings. The average Bonchev–Trinajstić information content (AvgIpc) is 2.16. The van der Waals surface area contributed by atoms with Crippen molar-refractivity contribution in [3.63, 3.8) is 0 Å². The third-order valence-corrected chi connectivity index (χ3v) is 2.24. The van der Waals surface area contributed by atoms with Crippen LogP contribution in [-0.4, -0.2) is 5.78 Å². The van der Waals surface area contributed by atoms with Gasteiger partial charge in [0.15, 0.2) is 5.78 Å². The lowest BCUT2D eigenvalue weighted by Crippen LogP contribution is -1.92. The van der Waals surface area contributed by atoms with Gasteiger partial charge in [-0.1, -0.05) is 13.3 Å². The van der Waals surface area contributed by atoms with Gasteiger partial charge in [-0.15, -0.1) is 5.73 Å². The number of hydrogen-bond donors (Lipinski definition) is 0. The lowest BCUT2D eigenvalue weighted by Gasteiger charge is -2.10. The van der Waals surface area contributed by atoms with Crippen molar-refractivity contribution in [1.82, 2.24) is 0 Å². The fourth-order valence-electron chi connectivity index (χ4n) is 1.41. The van der Waals surface area contributed by atoms with Gasteiger partial charge in [0.05, 0.1) is 0 Å². The van der Waals surface area contributed by atoms with Crippen LogP contribution in [0.25, 0.3) is 0 Å². The summed E-state index contributed by atoms with van der Waals surface area (Å²) < 4.78 is 0. The molecule has 0 atom stereocenters. The second-order valence-corrected chi connectivity index (χ2v) is 3.27. The molecule has 0 spiro atoms. The van der Waals surface area contributed by atoms with Gasteiger partial charge in [-0.3, -0.25) is 4.79 Å². The van der Waals surface area contributed by atoms with Gasteiger partial charge in [0.2, 0.25) is 0 Å². The molecule has 1 aliphatic rings. The van der Waals surface area contributed by atoms with Gasteiger partial charge in [-0.2, -0.15) is 0 Å². The van der Waals surface area contributed by atoms with Crippen LogP contribution in [0.2, 0.25) is 0 Å². The smallest absolute Gasteiger partial charge is 0.163 e. The number of hydrogen-bond acceptors (Lipinski definition) is 1. The standard InChI is InChI=1S/C11H16O/c1-2-11(12)9-8-10-6-4-3-5-7-10/h9H,2-7H2,1H3. The summed E-state index contributed by atoms with van der Waals surface area (Å²) in [6.07, 6.45) is 8.39. The van der Waals surface area contributed by atoms with E-state index in [2.05, 4.69) is 5.73 Å². The molecule has 66 valence electrons. The molecule has 0 amide bonds. The Labute approximate surface area is 74.2 Å². The normalized spacial score (nSPS) is 16.9. The van der Waals surface area contributed by atoms with Gasteiger partial charge in [0.25, 0.3) is 0 Å². The first-order valence-corrected chi connectivity index (χ1v) is 4.80. The highest BCUT2D eigenvalue weighted by molar-refractivity contribution is 5.89. The SMILES string of the molecule is CCC(=O)C=C=C1CCCCC1. The van der Waals surface area contributed by atoms with Crippen molar-refractivity contribution in [2.75, 3.05) is 0 Å². The number of rotatable bonds is 2. The lowest BCUT2D eigenvalue weighted by atomic mass is 9.95. The van der Waals surface area contributed by atoms with Crippen molar-refractivity contribution in [3.05, 3.63) is 17.4 Å². The first kappa shape index (κ1) is 9.28. The maximum absolute atomic E-state index is 10.9. The number of carbonyl (C=O) groups excluding carboxylic acids is 1. The van der Waals surface area contributed by atoms with Crippen LogP contribution in [0.4, 0.5) is 0 Å². The molecule has 0 aromatic heterocycles. The highest BCUT2D eigenvalue weighted by Gasteiger charge is 2.03. The van der Waals surface area contributed by atoms with Crippen molar-refractivity contribution in [2.24, 2.45) is 0 Å². The van der Waals surface area contributed by atoms with Crippen LogP contribution in [-0.2, 0) is 4.79 Å². The zero-order valence-corrected chi connectivity index (χ0v) is 7.73. The number of carbonyl (C=O) groups is 1. The molecule has 0 radical (unpaired) electrons. The Balaban J connectivity index is 2.53. The number of ketones is 1. The van der Waals surface area contributed by atoms with Crippen molar-refractivity contribution >= 4 is 5.78 Å². The fourth-order valence-corrected chi connectivity index (χ4v) is 1.41. The Morgan fingerprint density at radius 1 is 1.42 bits per heavy atom. The van der Waals surface area contributed by atoms with Gasteiger partial charge in [-0.05, 0) is 31.3 Å². The van der Waals surface area contributed by atoms with E-state index < -0.39 is 0 Å². The quantitative estimate of drug-likeness (QED) is 0.453. The highest BCUT2D eigenvalue weighted by atomic mass is 16.1. The van der Waals surface area contributed by atoms with E-state index in [0.29, 0.717) is 6.42 Å². The molecular formula is C11H16O. The molecule has 0 bridgehead atoms. The Morgan fingerprint density at radius 2 is 2.08 bits per heavy atom. The minimum absolute atomic E-state index is 0.188. The maximum atomic E-state index is 10.9. The third-order valence-electron chi connectivity index (χ3n) is 2.24. The summed E-state index contributed by atoms with van der Waals surface area (Å²) in [5.41, 5.74) is 4.45. The predicted molar refractivity (Wildman–Crippen MR) is 50.0 cm³/mol. The second kappa shape index (κ2) is 4.95. The van der Waals surface area contributed by atoms with E-state index in [0.717, 1.165) is 12.8 Å². The minimum atomic E-state index is 0.188. The van der Waals surface area contributed by atoms with Gasteiger partial charge in [0, 0.05) is 12.5 Å². The van der Waals surface area contributed by atoms with Gasteiger partial charge in [-0.25, -0.2) is 0 Å². The zero-order chi connectivity index (χ0) is 8.81. The molecule has 1 heteroatoms. The van der Waals surface area contributed by atoms with Gasteiger partial charge < -0.3 is 0 Å². The molecule has 0 aliphatic heterocycles. The predicted octanol–water partition coefficient (Wildman–Crippen LogP) is 3.01. The number of allylic oxidation sites excluding steroid dienone is 1. The average molecular weight is 164 g/mol. The Hall–Kier alpha value is -0.810. The van der Waals surface area contributed by atoms with Crippen LogP contribution in [0, 0.1) is 0 Å². The summed E-state index contributed by atoms with van der Waals surface area (Å²) in [5, 5.41) is 0. The maximum Gasteiger partial charge on any atom is 0.163 e. The Bertz CT molecular complexity index is 211. The molecule has 0 heterocycles. The summed E-state index contributed by atoms with van der Waals surface area (Å²) in [7, 11) is 0. The zero-order valence-electron chi connectivity index (χ0n) is 7.73. The van der Waals surface area contributed by atoms with Crippen molar-refractivity contribution < 1.29 is 4.79 Å². The summed E-state index contributed by atoms with van der Waals surface area (Å²) in [6.45, 7) is 1.88. The molecule has 1 aliphatic carbocycles. The van der Waals surface area contributed by atoms with Crippen LogP contribution < -0.4 is 0 Å². The Kier molecular flexibility index (Phi) is 3.83.